The minimum Gasteiger partial charge on any atom is -0.0870 e. The van der Waals surface area contributed by atoms with Crippen molar-refractivity contribution in [3.8, 4) is 0 Å². The van der Waals surface area contributed by atoms with Gasteiger partial charge in [0.05, 0.1) is 0 Å². The van der Waals surface area contributed by atoms with Crippen LogP contribution in [0.3, 0.4) is 0 Å². The number of allylic oxidation sites excluding steroid dienone is 10. The van der Waals surface area contributed by atoms with Crippen LogP contribution in [-0.2, 0) is 0 Å². The lowest BCUT2D eigenvalue weighted by atomic mass is 10.1. The second-order valence-corrected chi connectivity index (χ2v) is 2.91. The molecule has 0 aromatic rings. The summed E-state index contributed by atoms with van der Waals surface area (Å²) in [6.07, 6.45) is 16.7. The van der Waals surface area contributed by atoms with E-state index in [1.54, 1.807) is 0 Å². The predicted molar refractivity (Wildman–Crippen MR) is 77.6 cm³/mol. The maximum atomic E-state index is 2.12. The lowest BCUT2D eigenvalue weighted by Gasteiger charge is -1.99. The largest absolute Gasteiger partial charge is 0.0870 e. The molecule has 0 rings (SSSR count). The summed E-state index contributed by atoms with van der Waals surface area (Å²) in [4.78, 5) is 0. The lowest BCUT2D eigenvalue weighted by molar-refractivity contribution is 1.50. The van der Waals surface area contributed by atoms with Gasteiger partial charge in [-0.15, -0.1) is 0 Å². The minimum absolute atomic E-state index is 1.24. The molecule has 0 unspecified atom stereocenters. The van der Waals surface area contributed by atoms with E-state index in [1.165, 1.54) is 11.1 Å². The van der Waals surface area contributed by atoms with E-state index in [0.29, 0.717) is 0 Å². The van der Waals surface area contributed by atoms with E-state index in [2.05, 4.69) is 48.6 Å². The van der Waals surface area contributed by atoms with Gasteiger partial charge in [-0.25, -0.2) is 0 Å². The summed E-state index contributed by atoms with van der Waals surface area (Å²) < 4.78 is 0. The lowest BCUT2D eigenvalue weighted by Crippen LogP contribution is -1.80. The Labute approximate surface area is 102 Å². The van der Waals surface area contributed by atoms with Gasteiger partial charge in [-0.3, -0.25) is 0 Å². The Morgan fingerprint density at radius 3 is 0.812 bits per heavy atom. The number of hydrogen-bond donors (Lipinski definition) is 0. The van der Waals surface area contributed by atoms with E-state index in [0.717, 1.165) is 0 Å². The van der Waals surface area contributed by atoms with Gasteiger partial charge in [0.15, 0.2) is 0 Å². The maximum absolute atomic E-state index is 2.12. The van der Waals surface area contributed by atoms with Crippen molar-refractivity contribution in [3.05, 3.63) is 59.8 Å². The molecule has 0 nitrogen and oxygen atoms in total. The highest BCUT2D eigenvalue weighted by molar-refractivity contribution is 5.46. The summed E-state index contributed by atoms with van der Waals surface area (Å²) in [5.74, 6) is 0. The van der Waals surface area contributed by atoms with Crippen molar-refractivity contribution < 1.29 is 0 Å². The summed E-state index contributed by atoms with van der Waals surface area (Å²) in [5.41, 5.74) is 2.48. The fourth-order valence-electron chi connectivity index (χ4n) is 1.21. The van der Waals surface area contributed by atoms with Crippen molar-refractivity contribution in [2.24, 2.45) is 0 Å². The third-order valence-corrected chi connectivity index (χ3v) is 1.72. The molecular weight excluding hydrogens is 192 g/mol. The highest BCUT2D eigenvalue weighted by Crippen LogP contribution is 2.11. The first-order valence-corrected chi connectivity index (χ1v) is 6.05. The standard InChI is InChI=1S/C14H20.C2H6/c1-5-9-13(10-6-2)14(11-7-3)12-8-4;1-2/h5-12H,1-4H3;1-2H3/b9-5-,10-6-,11-7-,12-8-;. The van der Waals surface area contributed by atoms with Crippen LogP contribution in [0.2, 0.25) is 0 Å². The summed E-state index contributed by atoms with van der Waals surface area (Å²) in [6, 6.07) is 0. The van der Waals surface area contributed by atoms with Gasteiger partial charge in [-0.1, -0.05) is 62.5 Å². The summed E-state index contributed by atoms with van der Waals surface area (Å²) >= 11 is 0. The van der Waals surface area contributed by atoms with Gasteiger partial charge >= 0.3 is 0 Å². The Hall–Kier alpha value is -1.30. The van der Waals surface area contributed by atoms with Crippen molar-refractivity contribution in [2.45, 2.75) is 41.5 Å². The van der Waals surface area contributed by atoms with Gasteiger partial charge < -0.3 is 0 Å². The molecule has 0 heterocycles. The van der Waals surface area contributed by atoms with E-state index in [9.17, 15) is 0 Å². The highest BCUT2D eigenvalue weighted by Gasteiger charge is 1.92. The van der Waals surface area contributed by atoms with Gasteiger partial charge in [0.1, 0.15) is 0 Å². The van der Waals surface area contributed by atoms with Crippen LogP contribution in [0.4, 0.5) is 0 Å². The Morgan fingerprint density at radius 1 is 0.500 bits per heavy atom. The average Bonchev–Trinajstić information content (AvgIpc) is 2.31. The first kappa shape index (κ1) is 17.1. The predicted octanol–water partition coefficient (Wildman–Crippen LogP) is 5.61. The normalized spacial score (nSPS) is 11.4. The second kappa shape index (κ2) is 13.7. The second-order valence-electron chi connectivity index (χ2n) is 2.91. The molecule has 0 N–H and O–H groups in total. The van der Waals surface area contributed by atoms with Gasteiger partial charge in [0.25, 0.3) is 0 Å². The minimum atomic E-state index is 1.24. The van der Waals surface area contributed by atoms with Crippen molar-refractivity contribution in [1.82, 2.24) is 0 Å². The molecule has 0 atom stereocenters. The van der Waals surface area contributed by atoms with Crippen LogP contribution in [-0.4, -0.2) is 0 Å². The molecule has 0 saturated heterocycles. The molecule has 0 saturated carbocycles. The summed E-state index contributed by atoms with van der Waals surface area (Å²) in [5, 5.41) is 0. The summed E-state index contributed by atoms with van der Waals surface area (Å²) in [6.45, 7) is 12.1. The Balaban J connectivity index is 0. The number of rotatable bonds is 4. The van der Waals surface area contributed by atoms with Crippen molar-refractivity contribution in [3.63, 3.8) is 0 Å². The third-order valence-electron chi connectivity index (χ3n) is 1.72. The van der Waals surface area contributed by atoms with Crippen molar-refractivity contribution in [1.29, 1.82) is 0 Å². The van der Waals surface area contributed by atoms with E-state index in [4.69, 9.17) is 0 Å². The molecule has 0 spiro atoms. The first-order chi connectivity index (χ1) is 7.79. The quantitative estimate of drug-likeness (QED) is 0.538. The molecular formula is C16H26. The van der Waals surface area contributed by atoms with E-state index >= 15 is 0 Å². The topological polar surface area (TPSA) is 0 Å². The first-order valence-electron chi connectivity index (χ1n) is 6.05. The third kappa shape index (κ3) is 8.05. The molecule has 16 heavy (non-hydrogen) atoms. The van der Waals surface area contributed by atoms with Gasteiger partial charge in [-0.2, -0.15) is 0 Å². The fraction of sp³-hybridized carbons (Fsp3) is 0.375. The van der Waals surface area contributed by atoms with Crippen molar-refractivity contribution in [2.75, 3.05) is 0 Å². The molecule has 0 heteroatoms. The van der Waals surface area contributed by atoms with Crippen LogP contribution >= 0.6 is 0 Å². The molecule has 0 aromatic carbocycles. The SMILES string of the molecule is C/C=C\C(/C=C\C)=C(/C=C\C)/C=C\C.CC. The molecule has 0 bridgehead atoms. The monoisotopic (exact) mass is 218 g/mol. The van der Waals surface area contributed by atoms with Crippen LogP contribution in [0.1, 0.15) is 41.5 Å². The molecule has 90 valence electrons. The van der Waals surface area contributed by atoms with Crippen LogP contribution in [0, 0.1) is 0 Å². The molecule has 0 fully saturated rings. The zero-order valence-electron chi connectivity index (χ0n) is 11.6. The smallest absolute Gasteiger partial charge is 0.0191 e. The molecule has 0 aliphatic carbocycles. The zero-order valence-corrected chi connectivity index (χ0v) is 11.6. The maximum Gasteiger partial charge on any atom is -0.0191 e. The summed E-state index contributed by atoms with van der Waals surface area (Å²) in [7, 11) is 0. The number of hydrogen-bond acceptors (Lipinski definition) is 0. The van der Waals surface area contributed by atoms with Crippen LogP contribution < -0.4 is 0 Å². The Kier molecular flexibility index (Phi) is 14.6. The molecule has 0 aromatic heterocycles. The molecule has 0 aliphatic heterocycles. The molecule has 0 aliphatic rings. The van der Waals surface area contributed by atoms with Crippen LogP contribution in [0.25, 0.3) is 0 Å². The van der Waals surface area contributed by atoms with E-state index in [1.807, 2.05) is 41.5 Å². The fourth-order valence-corrected chi connectivity index (χ4v) is 1.21. The Morgan fingerprint density at radius 2 is 0.688 bits per heavy atom. The highest BCUT2D eigenvalue weighted by atomic mass is 14.0. The van der Waals surface area contributed by atoms with E-state index in [-0.39, 0.29) is 0 Å². The Bertz CT molecular complexity index is 225. The van der Waals surface area contributed by atoms with E-state index < -0.39 is 0 Å². The average molecular weight is 218 g/mol. The van der Waals surface area contributed by atoms with Gasteiger partial charge in [-0.05, 0) is 38.8 Å². The zero-order chi connectivity index (χ0) is 12.8. The van der Waals surface area contributed by atoms with Crippen LogP contribution in [0.15, 0.2) is 59.8 Å². The molecule has 0 amide bonds. The van der Waals surface area contributed by atoms with Gasteiger partial charge in [0, 0.05) is 0 Å². The van der Waals surface area contributed by atoms with Crippen molar-refractivity contribution >= 4 is 0 Å². The van der Waals surface area contributed by atoms with Gasteiger partial charge in [0.2, 0.25) is 0 Å². The molecule has 0 radical (unpaired) electrons. The van der Waals surface area contributed by atoms with Crippen LogP contribution in [0.5, 0.6) is 0 Å².